The molecule has 1 heterocycles. The third-order valence-electron chi connectivity index (χ3n) is 3.78. The van der Waals surface area contributed by atoms with E-state index in [-0.39, 0.29) is 18.2 Å². The van der Waals surface area contributed by atoms with Crippen molar-refractivity contribution in [2.24, 2.45) is 0 Å². The molecule has 2 N–H and O–H groups in total. The molecule has 5 nitrogen and oxygen atoms in total. The molecule has 0 saturated carbocycles. The number of fused-ring (bicyclic) bond motifs is 1. The molecule has 0 aliphatic rings. The van der Waals surface area contributed by atoms with Crippen molar-refractivity contribution in [1.82, 2.24) is 9.55 Å². The molecule has 0 fully saturated rings. The van der Waals surface area contributed by atoms with E-state index in [0.717, 1.165) is 36.1 Å². The topological polar surface area (TPSA) is 75.3 Å². The Kier molecular flexibility index (Phi) is 4.96. The van der Waals surface area contributed by atoms with Crippen LogP contribution in [-0.4, -0.2) is 32.3 Å². The quantitative estimate of drug-likeness (QED) is 0.822. The van der Waals surface area contributed by atoms with E-state index in [1.54, 1.807) is 18.2 Å². The average molecular weight is 290 g/mol. The predicted molar refractivity (Wildman–Crippen MR) is 81.7 cm³/mol. The zero-order valence-electron chi connectivity index (χ0n) is 12.5. The molecule has 1 atom stereocenters. The average Bonchev–Trinajstić information content (AvgIpc) is 2.82. The number of rotatable bonds is 7. The molecule has 114 valence electrons. The van der Waals surface area contributed by atoms with Gasteiger partial charge >= 0.3 is 5.97 Å². The summed E-state index contributed by atoms with van der Waals surface area (Å²) in [5.41, 5.74) is 1.93. The molecule has 0 amide bonds. The maximum absolute atomic E-state index is 11.2. The third-order valence-corrected chi connectivity index (χ3v) is 3.78. The molecule has 0 bridgehead atoms. The number of carbonyl (C=O) groups is 1. The fourth-order valence-electron chi connectivity index (χ4n) is 2.75. The molecule has 0 spiro atoms. The Morgan fingerprint density at radius 3 is 2.71 bits per heavy atom. The van der Waals surface area contributed by atoms with Gasteiger partial charge in [-0.1, -0.05) is 13.8 Å². The van der Waals surface area contributed by atoms with E-state index in [0.29, 0.717) is 6.42 Å². The Bertz CT molecular complexity index is 634. The smallest absolute Gasteiger partial charge is 0.335 e. The highest BCUT2D eigenvalue weighted by molar-refractivity contribution is 5.92. The molecule has 0 aliphatic carbocycles. The SMILES string of the molecule is CCCc1nc2ccc(C(=O)O)cc2n1C(CC)CCO. The Morgan fingerprint density at radius 1 is 1.38 bits per heavy atom. The van der Waals surface area contributed by atoms with Crippen LogP contribution >= 0.6 is 0 Å². The zero-order valence-corrected chi connectivity index (χ0v) is 12.5. The van der Waals surface area contributed by atoms with Gasteiger partial charge in [0.1, 0.15) is 5.82 Å². The number of aliphatic hydroxyl groups is 1. The summed E-state index contributed by atoms with van der Waals surface area (Å²) in [4.78, 5) is 15.8. The lowest BCUT2D eigenvalue weighted by Gasteiger charge is -2.19. The number of hydrogen-bond acceptors (Lipinski definition) is 3. The molecule has 0 saturated heterocycles. The van der Waals surface area contributed by atoms with Gasteiger partial charge in [0.15, 0.2) is 0 Å². The first kappa shape index (κ1) is 15.5. The standard InChI is InChI=1S/C16H22N2O3/c1-3-5-15-17-13-7-6-11(16(20)21)10-14(13)18(15)12(4-2)8-9-19/h6-7,10,12,19H,3-5,8-9H2,1-2H3,(H,20,21). The fraction of sp³-hybridized carbons (Fsp3) is 0.500. The van der Waals surface area contributed by atoms with E-state index in [1.165, 1.54) is 0 Å². The predicted octanol–water partition coefficient (Wildman–Crippen LogP) is 3.02. The van der Waals surface area contributed by atoms with E-state index in [1.807, 2.05) is 0 Å². The number of carboxylic acids is 1. The van der Waals surface area contributed by atoms with Gasteiger partial charge in [-0.25, -0.2) is 9.78 Å². The Balaban J connectivity index is 2.63. The van der Waals surface area contributed by atoms with Crippen LogP contribution in [0.5, 0.6) is 0 Å². The van der Waals surface area contributed by atoms with Crippen LogP contribution in [0.15, 0.2) is 18.2 Å². The summed E-state index contributed by atoms with van der Waals surface area (Å²) in [5, 5.41) is 18.4. The number of aromatic carboxylic acids is 1. The van der Waals surface area contributed by atoms with Crippen LogP contribution in [0, 0.1) is 0 Å². The molecule has 1 unspecified atom stereocenters. The second-order valence-electron chi connectivity index (χ2n) is 5.23. The second-order valence-corrected chi connectivity index (χ2v) is 5.23. The minimum Gasteiger partial charge on any atom is -0.478 e. The maximum Gasteiger partial charge on any atom is 0.335 e. The summed E-state index contributed by atoms with van der Waals surface area (Å²) < 4.78 is 2.11. The minimum absolute atomic E-state index is 0.113. The molecule has 0 radical (unpaired) electrons. The van der Waals surface area contributed by atoms with Crippen molar-refractivity contribution in [1.29, 1.82) is 0 Å². The zero-order chi connectivity index (χ0) is 15.4. The first-order chi connectivity index (χ1) is 10.1. The Hall–Kier alpha value is -1.88. The van der Waals surface area contributed by atoms with Crippen LogP contribution < -0.4 is 0 Å². The van der Waals surface area contributed by atoms with Crippen molar-refractivity contribution < 1.29 is 15.0 Å². The van der Waals surface area contributed by atoms with Crippen LogP contribution in [0.4, 0.5) is 0 Å². The monoisotopic (exact) mass is 290 g/mol. The summed E-state index contributed by atoms with van der Waals surface area (Å²) in [5.74, 6) is 0.0345. The third kappa shape index (κ3) is 3.08. The van der Waals surface area contributed by atoms with Crippen LogP contribution in [0.25, 0.3) is 11.0 Å². The number of aryl methyl sites for hydroxylation is 1. The van der Waals surface area contributed by atoms with Gasteiger partial charge < -0.3 is 14.8 Å². The minimum atomic E-state index is -0.933. The van der Waals surface area contributed by atoms with Gasteiger partial charge in [0.25, 0.3) is 0 Å². The van der Waals surface area contributed by atoms with Crippen molar-refractivity contribution in [3.05, 3.63) is 29.6 Å². The number of aromatic nitrogens is 2. The van der Waals surface area contributed by atoms with Crippen molar-refractivity contribution in [2.75, 3.05) is 6.61 Å². The first-order valence-corrected chi connectivity index (χ1v) is 7.47. The summed E-state index contributed by atoms with van der Waals surface area (Å²) in [6.07, 6.45) is 3.35. The molecular weight excluding hydrogens is 268 g/mol. The van der Waals surface area contributed by atoms with Crippen LogP contribution in [-0.2, 0) is 6.42 Å². The molecule has 0 aliphatic heterocycles. The van der Waals surface area contributed by atoms with Gasteiger partial charge in [0.2, 0.25) is 0 Å². The van der Waals surface area contributed by atoms with E-state index in [9.17, 15) is 15.0 Å². The molecule has 2 rings (SSSR count). The highest BCUT2D eigenvalue weighted by atomic mass is 16.4. The normalized spacial score (nSPS) is 12.7. The van der Waals surface area contributed by atoms with Gasteiger partial charge in [-0.15, -0.1) is 0 Å². The summed E-state index contributed by atoms with van der Waals surface area (Å²) in [6.45, 7) is 4.28. The van der Waals surface area contributed by atoms with E-state index < -0.39 is 5.97 Å². The highest BCUT2D eigenvalue weighted by Crippen LogP contribution is 2.27. The first-order valence-electron chi connectivity index (χ1n) is 7.47. The number of hydrogen-bond donors (Lipinski definition) is 2. The molecule has 1 aromatic carbocycles. The van der Waals surface area contributed by atoms with Gasteiger partial charge in [-0.3, -0.25) is 0 Å². The molecule has 5 heteroatoms. The maximum atomic E-state index is 11.2. The summed E-state index contributed by atoms with van der Waals surface area (Å²) in [7, 11) is 0. The number of carboxylic acid groups (broad SMARTS) is 1. The summed E-state index contributed by atoms with van der Waals surface area (Å²) in [6, 6.07) is 5.18. The largest absolute Gasteiger partial charge is 0.478 e. The van der Waals surface area contributed by atoms with Gasteiger partial charge in [0.05, 0.1) is 16.6 Å². The summed E-state index contributed by atoms with van der Waals surface area (Å²) >= 11 is 0. The van der Waals surface area contributed by atoms with Crippen LogP contribution in [0.2, 0.25) is 0 Å². The lowest BCUT2D eigenvalue weighted by molar-refractivity contribution is 0.0697. The number of nitrogens with zero attached hydrogens (tertiary/aromatic N) is 2. The van der Waals surface area contributed by atoms with E-state index in [4.69, 9.17) is 0 Å². The molecule has 2 aromatic rings. The Labute approximate surface area is 124 Å². The van der Waals surface area contributed by atoms with Crippen molar-refractivity contribution in [2.45, 2.75) is 45.6 Å². The van der Waals surface area contributed by atoms with E-state index >= 15 is 0 Å². The van der Waals surface area contributed by atoms with Gasteiger partial charge in [-0.2, -0.15) is 0 Å². The van der Waals surface area contributed by atoms with Crippen LogP contribution in [0.3, 0.4) is 0 Å². The second kappa shape index (κ2) is 6.72. The fourth-order valence-corrected chi connectivity index (χ4v) is 2.75. The number of imidazole rings is 1. The molecular formula is C16H22N2O3. The number of benzene rings is 1. The Morgan fingerprint density at radius 2 is 2.14 bits per heavy atom. The lowest BCUT2D eigenvalue weighted by Crippen LogP contribution is -2.13. The van der Waals surface area contributed by atoms with Crippen molar-refractivity contribution in [3.8, 4) is 0 Å². The molecule has 21 heavy (non-hydrogen) atoms. The van der Waals surface area contributed by atoms with Crippen LogP contribution in [0.1, 0.15) is 55.3 Å². The van der Waals surface area contributed by atoms with Crippen molar-refractivity contribution in [3.63, 3.8) is 0 Å². The molecule has 1 aromatic heterocycles. The highest BCUT2D eigenvalue weighted by Gasteiger charge is 2.18. The van der Waals surface area contributed by atoms with Crippen molar-refractivity contribution >= 4 is 17.0 Å². The van der Waals surface area contributed by atoms with Gasteiger partial charge in [-0.05, 0) is 37.5 Å². The van der Waals surface area contributed by atoms with Gasteiger partial charge in [0, 0.05) is 19.1 Å². The number of aliphatic hydroxyl groups excluding tert-OH is 1. The lowest BCUT2D eigenvalue weighted by atomic mass is 10.1. The van der Waals surface area contributed by atoms with E-state index in [2.05, 4.69) is 23.4 Å².